The van der Waals surface area contributed by atoms with Crippen LogP contribution in [0.15, 0.2) is 66.2 Å². The van der Waals surface area contributed by atoms with Crippen molar-refractivity contribution in [2.75, 3.05) is 19.8 Å². The largest absolute Gasteiger partial charge is 0.343 e. The van der Waals surface area contributed by atoms with Gasteiger partial charge < -0.3 is 5.32 Å². The summed E-state index contributed by atoms with van der Waals surface area (Å²) in [6.45, 7) is 6.86. The number of hydrogen-bond donors (Lipinski definition) is 1. The molecule has 0 unspecified atom stereocenters. The number of piperidine rings is 1. The summed E-state index contributed by atoms with van der Waals surface area (Å²) in [5, 5.41) is 8.59. The molecule has 2 heterocycles. The van der Waals surface area contributed by atoms with Gasteiger partial charge in [0.15, 0.2) is 0 Å². The highest BCUT2D eigenvalue weighted by molar-refractivity contribution is 6.30. The molecule has 1 fully saturated rings. The van der Waals surface area contributed by atoms with Crippen molar-refractivity contribution < 1.29 is 4.79 Å². The van der Waals surface area contributed by atoms with Crippen molar-refractivity contribution in [1.82, 2.24) is 20.0 Å². The summed E-state index contributed by atoms with van der Waals surface area (Å²) >= 11 is 5.97. The van der Waals surface area contributed by atoms with Crippen molar-refractivity contribution in [1.29, 1.82) is 0 Å². The van der Waals surface area contributed by atoms with Crippen LogP contribution in [0, 0.1) is 5.92 Å². The Bertz CT molecular complexity index is 1110. The standard InChI is InChI=1S/C28H33ClN4O/c1-21(2)16-27-18-25(31-33(27)26-6-4-3-5-7-26)19-28(34)30-20-32-14-12-23(13-15-32)17-22-8-10-24(29)11-9-22/h3-11,17-18,21H,12-16,19-20H2,1-2H3,(H,30,34). The molecule has 0 radical (unpaired) electrons. The summed E-state index contributed by atoms with van der Waals surface area (Å²) in [6.07, 6.45) is 5.49. The number of para-hydroxylation sites is 1. The minimum Gasteiger partial charge on any atom is -0.343 e. The minimum absolute atomic E-state index is 0.0105. The molecule has 1 N–H and O–H groups in total. The van der Waals surface area contributed by atoms with Gasteiger partial charge in [0.2, 0.25) is 5.91 Å². The fourth-order valence-electron chi connectivity index (χ4n) is 4.28. The summed E-state index contributed by atoms with van der Waals surface area (Å²) in [7, 11) is 0. The number of hydrogen-bond acceptors (Lipinski definition) is 3. The smallest absolute Gasteiger partial charge is 0.227 e. The number of benzene rings is 2. The van der Waals surface area contributed by atoms with Crippen LogP contribution >= 0.6 is 11.6 Å². The molecule has 2 aromatic carbocycles. The fraction of sp³-hybridized carbons (Fsp3) is 0.357. The van der Waals surface area contributed by atoms with Crippen LogP contribution in [0.4, 0.5) is 0 Å². The summed E-state index contributed by atoms with van der Waals surface area (Å²) in [6, 6.07) is 20.1. The Morgan fingerprint density at radius 1 is 1.09 bits per heavy atom. The second kappa shape index (κ2) is 11.5. The lowest BCUT2D eigenvalue weighted by Gasteiger charge is -2.28. The molecule has 1 amide bonds. The normalized spacial score (nSPS) is 14.4. The summed E-state index contributed by atoms with van der Waals surface area (Å²) in [4.78, 5) is 15.0. The van der Waals surface area contributed by atoms with Crippen LogP contribution < -0.4 is 5.32 Å². The third-order valence-electron chi connectivity index (χ3n) is 6.03. The van der Waals surface area contributed by atoms with Crippen molar-refractivity contribution in [3.8, 4) is 5.69 Å². The van der Waals surface area contributed by atoms with Gasteiger partial charge in [-0.05, 0) is 61.1 Å². The number of carbonyl (C=O) groups is 1. The Kier molecular flexibility index (Phi) is 8.20. The molecule has 6 heteroatoms. The second-order valence-corrected chi connectivity index (χ2v) is 9.82. The number of carbonyl (C=O) groups excluding carboxylic acids is 1. The summed E-state index contributed by atoms with van der Waals surface area (Å²) < 4.78 is 1.97. The van der Waals surface area contributed by atoms with Crippen LogP contribution in [0.1, 0.15) is 43.6 Å². The first-order valence-corrected chi connectivity index (χ1v) is 12.4. The van der Waals surface area contributed by atoms with Gasteiger partial charge in [0.05, 0.1) is 24.5 Å². The van der Waals surface area contributed by atoms with E-state index in [1.165, 1.54) is 11.1 Å². The van der Waals surface area contributed by atoms with E-state index in [1.807, 2.05) is 59.3 Å². The van der Waals surface area contributed by atoms with Crippen LogP contribution in [-0.2, 0) is 17.6 Å². The zero-order valence-electron chi connectivity index (χ0n) is 20.0. The molecule has 178 valence electrons. The van der Waals surface area contributed by atoms with Crippen molar-refractivity contribution in [3.05, 3.63) is 88.2 Å². The van der Waals surface area contributed by atoms with Gasteiger partial charge in [-0.15, -0.1) is 0 Å². The molecule has 5 nitrogen and oxygen atoms in total. The number of likely N-dealkylation sites (tertiary alicyclic amines) is 1. The quantitative estimate of drug-likeness (QED) is 0.465. The average molecular weight is 477 g/mol. The molecule has 0 saturated carbocycles. The van der Waals surface area contributed by atoms with Gasteiger partial charge in [0, 0.05) is 23.8 Å². The van der Waals surface area contributed by atoms with E-state index >= 15 is 0 Å². The number of nitrogens with zero attached hydrogens (tertiary/aromatic N) is 3. The van der Waals surface area contributed by atoms with E-state index in [0.29, 0.717) is 19.0 Å². The average Bonchev–Trinajstić information content (AvgIpc) is 3.22. The molecule has 3 aromatic rings. The van der Waals surface area contributed by atoms with Crippen LogP contribution in [-0.4, -0.2) is 40.3 Å². The first-order valence-electron chi connectivity index (χ1n) is 12.0. The van der Waals surface area contributed by atoms with Gasteiger partial charge >= 0.3 is 0 Å². The molecule has 0 atom stereocenters. The molecular weight excluding hydrogens is 444 g/mol. The maximum atomic E-state index is 12.7. The Hall–Kier alpha value is -2.89. The predicted molar refractivity (Wildman–Crippen MR) is 139 cm³/mol. The lowest BCUT2D eigenvalue weighted by atomic mass is 10.0. The van der Waals surface area contributed by atoms with E-state index < -0.39 is 0 Å². The Morgan fingerprint density at radius 3 is 2.47 bits per heavy atom. The zero-order chi connectivity index (χ0) is 23.9. The Labute approximate surface area is 207 Å². The maximum absolute atomic E-state index is 12.7. The van der Waals surface area contributed by atoms with E-state index in [-0.39, 0.29) is 5.91 Å². The van der Waals surface area contributed by atoms with Crippen LogP contribution in [0.5, 0.6) is 0 Å². The van der Waals surface area contributed by atoms with Gasteiger partial charge in [0.25, 0.3) is 0 Å². The van der Waals surface area contributed by atoms with Crippen LogP contribution in [0.2, 0.25) is 5.02 Å². The SMILES string of the molecule is CC(C)Cc1cc(CC(=O)NCN2CCC(=Cc3ccc(Cl)cc3)CC2)nn1-c1ccccc1. The van der Waals surface area contributed by atoms with Gasteiger partial charge in [-0.1, -0.05) is 67.4 Å². The number of amides is 1. The van der Waals surface area contributed by atoms with Crippen molar-refractivity contribution >= 4 is 23.6 Å². The van der Waals surface area contributed by atoms with Gasteiger partial charge in [0.1, 0.15) is 0 Å². The molecule has 4 rings (SSSR count). The van der Waals surface area contributed by atoms with Gasteiger partial charge in [-0.2, -0.15) is 5.10 Å². The molecule has 1 aromatic heterocycles. The van der Waals surface area contributed by atoms with Crippen molar-refractivity contribution in [2.45, 2.75) is 39.5 Å². The first-order chi connectivity index (χ1) is 16.5. The molecular formula is C28H33ClN4O. The second-order valence-electron chi connectivity index (χ2n) is 9.38. The number of halogens is 1. The molecule has 0 aliphatic carbocycles. The molecule has 34 heavy (non-hydrogen) atoms. The number of nitrogens with one attached hydrogen (secondary N) is 1. The van der Waals surface area contributed by atoms with E-state index in [1.54, 1.807) is 0 Å². The third-order valence-corrected chi connectivity index (χ3v) is 6.28. The Morgan fingerprint density at radius 2 is 1.79 bits per heavy atom. The predicted octanol–water partition coefficient (Wildman–Crippen LogP) is 5.52. The molecule has 0 spiro atoms. The lowest BCUT2D eigenvalue weighted by Crippen LogP contribution is -2.41. The van der Waals surface area contributed by atoms with Gasteiger partial charge in [-0.3, -0.25) is 9.69 Å². The van der Waals surface area contributed by atoms with E-state index in [0.717, 1.165) is 54.4 Å². The highest BCUT2D eigenvalue weighted by Crippen LogP contribution is 2.20. The highest BCUT2D eigenvalue weighted by atomic mass is 35.5. The van der Waals surface area contributed by atoms with Gasteiger partial charge in [-0.25, -0.2) is 4.68 Å². The molecule has 1 aliphatic rings. The topological polar surface area (TPSA) is 50.2 Å². The monoisotopic (exact) mass is 476 g/mol. The van der Waals surface area contributed by atoms with Crippen molar-refractivity contribution in [3.63, 3.8) is 0 Å². The van der Waals surface area contributed by atoms with E-state index in [4.69, 9.17) is 16.7 Å². The van der Waals surface area contributed by atoms with Crippen LogP contribution in [0.25, 0.3) is 11.8 Å². The zero-order valence-corrected chi connectivity index (χ0v) is 20.8. The summed E-state index contributed by atoms with van der Waals surface area (Å²) in [5.74, 6) is 0.523. The fourth-order valence-corrected chi connectivity index (χ4v) is 4.41. The summed E-state index contributed by atoms with van der Waals surface area (Å²) in [5.41, 5.74) is 5.60. The van der Waals surface area contributed by atoms with E-state index in [2.05, 4.69) is 36.2 Å². The molecule has 0 bridgehead atoms. The minimum atomic E-state index is 0.0105. The lowest BCUT2D eigenvalue weighted by molar-refractivity contribution is -0.121. The van der Waals surface area contributed by atoms with Crippen LogP contribution in [0.3, 0.4) is 0 Å². The van der Waals surface area contributed by atoms with Crippen molar-refractivity contribution in [2.24, 2.45) is 5.92 Å². The Balaban J connectivity index is 1.29. The first kappa shape index (κ1) is 24.2. The highest BCUT2D eigenvalue weighted by Gasteiger charge is 2.17. The number of aromatic nitrogens is 2. The molecule has 1 saturated heterocycles. The maximum Gasteiger partial charge on any atom is 0.227 e. The van der Waals surface area contributed by atoms with E-state index in [9.17, 15) is 4.79 Å². The number of rotatable bonds is 8. The third kappa shape index (κ3) is 6.81. The molecule has 1 aliphatic heterocycles.